The Kier molecular flexibility index (Phi) is 6.65. The Bertz CT molecular complexity index is 777. The number of pyridine rings is 1. The van der Waals surface area contributed by atoms with Gasteiger partial charge < -0.3 is 5.32 Å². The van der Waals surface area contributed by atoms with Gasteiger partial charge in [-0.05, 0) is 43.7 Å². The number of allylic oxidation sites excluding steroid dienone is 1. The van der Waals surface area contributed by atoms with Crippen LogP contribution in [0.4, 0.5) is 0 Å². The van der Waals surface area contributed by atoms with Gasteiger partial charge in [-0.2, -0.15) is 0 Å². The summed E-state index contributed by atoms with van der Waals surface area (Å²) in [5.41, 5.74) is 3.27. The number of fused-ring (bicyclic) bond motifs is 1. The lowest BCUT2D eigenvalue weighted by Crippen LogP contribution is -2.27. The second kappa shape index (κ2) is 8.52. The molecule has 5 heteroatoms. The molecule has 1 atom stereocenters. The summed E-state index contributed by atoms with van der Waals surface area (Å²) in [4.78, 5) is 17.2. The highest BCUT2D eigenvalue weighted by molar-refractivity contribution is 6.30. The number of rotatable bonds is 7. The first-order chi connectivity index (χ1) is 11.8. The number of nitrogens with zero attached hydrogens (tertiary/aromatic N) is 2. The monoisotopic (exact) mass is 361 g/mol. The van der Waals surface area contributed by atoms with E-state index in [1.807, 2.05) is 13.0 Å². The number of imidazole rings is 1. The normalized spacial score (nSPS) is 13.5. The first kappa shape index (κ1) is 19.5. The van der Waals surface area contributed by atoms with Gasteiger partial charge in [0.15, 0.2) is 0 Å². The molecular formula is C20H28ClN3O. The SMILES string of the molecule is CCc1nc2ccc(Cl)cn2c1C(=O)NC/C(C)=C/CC(C)C(C)C. The molecule has 0 fully saturated rings. The smallest absolute Gasteiger partial charge is 0.270 e. The minimum Gasteiger partial charge on any atom is -0.347 e. The summed E-state index contributed by atoms with van der Waals surface area (Å²) in [6.45, 7) is 11.3. The molecule has 0 aliphatic rings. The molecule has 1 unspecified atom stereocenters. The zero-order valence-corrected chi connectivity index (χ0v) is 16.5. The Morgan fingerprint density at radius 2 is 2.08 bits per heavy atom. The van der Waals surface area contributed by atoms with Crippen molar-refractivity contribution in [3.63, 3.8) is 0 Å². The lowest BCUT2D eigenvalue weighted by Gasteiger charge is -2.13. The molecule has 2 aromatic rings. The molecule has 0 spiro atoms. The number of amides is 1. The quantitative estimate of drug-likeness (QED) is 0.712. The molecule has 4 nitrogen and oxygen atoms in total. The molecule has 1 amide bonds. The maximum Gasteiger partial charge on any atom is 0.270 e. The zero-order valence-electron chi connectivity index (χ0n) is 15.8. The van der Waals surface area contributed by atoms with Gasteiger partial charge in [0, 0.05) is 12.7 Å². The van der Waals surface area contributed by atoms with Crippen LogP contribution in [0.15, 0.2) is 30.0 Å². The van der Waals surface area contributed by atoms with Crippen LogP contribution in [0.1, 0.15) is 57.2 Å². The van der Waals surface area contributed by atoms with Gasteiger partial charge in [0.25, 0.3) is 5.91 Å². The van der Waals surface area contributed by atoms with Gasteiger partial charge in [-0.1, -0.05) is 50.9 Å². The Morgan fingerprint density at radius 3 is 2.72 bits per heavy atom. The third-order valence-corrected chi connectivity index (χ3v) is 4.93. The molecule has 0 aliphatic heterocycles. The Hall–Kier alpha value is -1.81. The number of hydrogen-bond donors (Lipinski definition) is 1. The van der Waals surface area contributed by atoms with Crippen LogP contribution in [0.25, 0.3) is 5.65 Å². The summed E-state index contributed by atoms with van der Waals surface area (Å²) in [6.07, 6.45) is 5.69. The molecular weight excluding hydrogens is 334 g/mol. The first-order valence-corrected chi connectivity index (χ1v) is 9.31. The number of hydrogen-bond acceptors (Lipinski definition) is 2. The number of aromatic nitrogens is 2. The van der Waals surface area contributed by atoms with Crippen LogP contribution in [-0.2, 0) is 6.42 Å². The van der Waals surface area contributed by atoms with E-state index in [4.69, 9.17) is 11.6 Å². The highest BCUT2D eigenvalue weighted by Gasteiger charge is 2.18. The van der Waals surface area contributed by atoms with Crippen molar-refractivity contribution in [1.29, 1.82) is 0 Å². The van der Waals surface area contributed by atoms with Gasteiger partial charge >= 0.3 is 0 Å². The lowest BCUT2D eigenvalue weighted by atomic mass is 9.94. The van der Waals surface area contributed by atoms with E-state index in [1.165, 1.54) is 5.57 Å². The van der Waals surface area contributed by atoms with Crippen molar-refractivity contribution in [2.75, 3.05) is 6.54 Å². The molecule has 136 valence electrons. The molecule has 2 aromatic heterocycles. The molecule has 2 heterocycles. The number of carbonyl (C=O) groups is 1. The minimum atomic E-state index is -0.115. The maximum absolute atomic E-state index is 12.7. The molecule has 0 aliphatic carbocycles. The third kappa shape index (κ3) is 4.85. The summed E-state index contributed by atoms with van der Waals surface area (Å²) < 4.78 is 1.77. The van der Waals surface area contributed by atoms with Crippen molar-refractivity contribution >= 4 is 23.2 Å². The number of aryl methyl sites for hydroxylation is 1. The van der Waals surface area contributed by atoms with Gasteiger partial charge in [0.05, 0.1) is 10.7 Å². The van der Waals surface area contributed by atoms with Crippen molar-refractivity contribution in [2.24, 2.45) is 11.8 Å². The van der Waals surface area contributed by atoms with Crippen molar-refractivity contribution in [3.8, 4) is 0 Å². The Labute approximate surface area is 155 Å². The fourth-order valence-electron chi connectivity index (χ4n) is 2.59. The topological polar surface area (TPSA) is 46.4 Å². The number of nitrogens with one attached hydrogen (secondary N) is 1. The fraction of sp³-hybridized carbons (Fsp3) is 0.500. The van der Waals surface area contributed by atoms with Crippen LogP contribution in [0.5, 0.6) is 0 Å². The Morgan fingerprint density at radius 1 is 1.36 bits per heavy atom. The van der Waals surface area contributed by atoms with Crippen LogP contribution in [0, 0.1) is 11.8 Å². The molecule has 0 saturated carbocycles. The average Bonchev–Trinajstić information content (AvgIpc) is 2.94. The number of carbonyl (C=O) groups excluding carboxylic acids is 1. The van der Waals surface area contributed by atoms with Crippen molar-refractivity contribution in [1.82, 2.24) is 14.7 Å². The fourth-order valence-corrected chi connectivity index (χ4v) is 2.75. The van der Waals surface area contributed by atoms with Gasteiger partial charge in [-0.25, -0.2) is 4.98 Å². The summed E-state index contributed by atoms with van der Waals surface area (Å²) in [7, 11) is 0. The first-order valence-electron chi connectivity index (χ1n) is 8.93. The zero-order chi connectivity index (χ0) is 18.6. The standard InChI is InChI=1S/C20H28ClN3O/c1-6-17-19(24-12-16(21)9-10-18(24)23-17)20(25)22-11-14(4)7-8-15(5)13(2)3/h7,9-10,12-13,15H,6,8,11H2,1-5H3,(H,22,25)/b14-7+. The third-order valence-electron chi connectivity index (χ3n) is 4.71. The highest BCUT2D eigenvalue weighted by atomic mass is 35.5. The van der Waals surface area contributed by atoms with Crippen molar-refractivity contribution in [2.45, 2.75) is 47.5 Å². The van der Waals surface area contributed by atoms with Crippen LogP contribution in [0.2, 0.25) is 5.02 Å². The van der Waals surface area contributed by atoms with Gasteiger partial charge in [0.1, 0.15) is 11.3 Å². The summed E-state index contributed by atoms with van der Waals surface area (Å²) in [6, 6.07) is 3.62. The predicted octanol–water partition coefficient (Wildman–Crippen LogP) is 4.91. The highest BCUT2D eigenvalue weighted by Crippen LogP contribution is 2.18. The Balaban J connectivity index is 2.12. The molecule has 0 bridgehead atoms. The van der Waals surface area contributed by atoms with E-state index in [1.54, 1.807) is 16.7 Å². The maximum atomic E-state index is 12.7. The molecule has 1 N–H and O–H groups in total. The van der Waals surface area contributed by atoms with Crippen LogP contribution < -0.4 is 5.32 Å². The molecule has 0 saturated heterocycles. The van der Waals surface area contributed by atoms with E-state index in [-0.39, 0.29) is 5.91 Å². The number of halogens is 1. The van der Waals surface area contributed by atoms with Crippen molar-refractivity contribution in [3.05, 3.63) is 46.4 Å². The summed E-state index contributed by atoms with van der Waals surface area (Å²) >= 11 is 6.08. The summed E-state index contributed by atoms with van der Waals surface area (Å²) in [5.74, 6) is 1.18. The largest absolute Gasteiger partial charge is 0.347 e. The van der Waals surface area contributed by atoms with Crippen LogP contribution >= 0.6 is 11.6 Å². The van der Waals surface area contributed by atoms with Crippen LogP contribution in [-0.4, -0.2) is 21.8 Å². The lowest BCUT2D eigenvalue weighted by molar-refractivity contribution is 0.0950. The molecule has 25 heavy (non-hydrogen) atoms. The molecule has 0 radical (unpaired) electrons. The van der Waals surface area contributed by atoms with E-state index < -0.39 is 0 Å². The van der Waals surface area contributed by atoms with E-state index >= 15 is 0 Å². The molecule has 2 rings (SSSR count). The second-order valence-corrected chi connectivity index (χ2v) is 7.46. The predicted molar refractivity (Wildman–Crippen MR) is 104 cm³/mol. The van der Waals surface area contributed by atoms with Gasteiger partial charge in [-0.15, -0.1) is 0 Å². The van der Waals surface area contributed by atoms with Crippen LogP contribution in [0.3, 0.4) is 0 Å². The average molecular weight is 362 g/mol. The van der Waals surface area contributed by atoms with Crippen molar-refractivity contribution < 1.29 is 4.79 Å². The van der Waals surface area contributed by atoms with Gasteiger partial charge in [0.2, 0.25) is 0 Å². The minimum absolute atomic E-state index is 0.115. The van der Waals surface area contributed by atoms with E-state index in [9.17, 15) is 4.79 Å². The summed E-state index contributed by atoms with van der Waals surface area (Å²) in [5, 5.41) is 3.60. The van der Waals surface area contributed by atoms with Gasteiger partial charge in [-0.3, -0.25) is 9.20 Å². The van der Waals surface area contributed by atoms with E-state index in [0.717, 1.165) is 17.8 Å². The molecule has 0 aromatic carbocycles. The second-order valence-electron chi connectivity index (χ2n) is 7.03. The van der Waals surface area contributed by atoms with E-state index in [2.05, 4.69) is 44.1 Å². The van der Waals surface area contributed by atoms with E-state index in [0.29, 0.717) is 35.5 Å².